The zero-order valence-corrected chi connectivity index (χ0v) is 14.0. The Hall–Kier alpha value is -1.63. The first-order chi connectivity index (χ1) is 11.1. The van der Waals surface area contributed by atoms with Crippen molar-refractivity contribution in [1.82, 2.24) is 10.6 Å². The minimum atomic E-state index is -0.364. The summed E-state index contributed by atoms with van der Waals surface area (Å²) in [5.74, 6) is 0. The van der Waals surface area contributed by atoms with Gasteiger partial charge in [0, 0.05) is 26.3 Å². The second-order valence-corrected chi connectivity index (χ2v) is 5.87. The first-order valence-electron chi connectivity index (χ1n) is 7.91. The predicted octanol–water partition coefficient (Wildman–Crippen LogP) is 2.04. The highest BCUT2D eigenvalue weighted by atomic mass is 16.7. The fraction of sp³-hybridized carbons (Fsp3) is 0.588. The average molecular weight is 322 g/mol. The summed E-state index contributed by atoms with van der Waals surface area (Å²) >= 11 is 0. The van der Waals surface area contributed by atoms with E-state index in [0.717, 1.165) is 18.4 Å². The van der Waals surface area contributed by atoms with Gasteiger partial charge in [-0.3, -0.25) is 0 Å². The van der Waals surface area contributed by atoms with Gasteiger partial charge in [-0.25, -0.2) is 4.79 Å². The molecule has 1 fully saturated rings. The second kappa shape index (κ2) is 8.86. The van der Waals surface area contributed by atoms with Gasteiger partial charge in [-0.1, -0.05) is 30.3 Å². The van der Waals surface area contributed by atoms with E-state index >= 15 is 0 Å². The number of amides is 1. The van der Waals surface area contributed by atoms with Gasteiger partial charge >= 0.3 is 6.09 Å². The van der Waals surface area contributed by atoms with Crippen molar-refractivity contribution in [3.8, 4) is 0 Å². The third kappa shape index (κ3) is 5.49. The van der Waals surface area contributed by atoms with Crippen molar-refractivity contribution >= 4 is 6.09 Å². The topological polar surface area (TPSA) is 68.8 Å². The summed E-state index contributed by atoms with van der Waals surface area (Å²) in [5, 5.41) is 6.32. The van der Waals surface area contributed by atoms with Crippen molar-refractivity contribution < 1.29 is 19.0 Å². The first-order valence-corrected chi connectivity index (χ1v) is 7.91. The molecule has 1 aliphatic rings. The SMILES string of the molecule is COC(OC)C(C)NC1CC(NC(=O)OCc2ccccc2)C1. The zero-order valence-electron chi connectivity index (χ0n) is 14.0. The number of alkyl carbamates (subject to hydrolysis) is 1. The predicted molar refractivity (Wildman–Crippen MR) is 87.0 cm³/mol. The Morgan fingerprint density at radius 2 is 1.83 bits per heavy atom. The summed E-state index contributed by atoms with van der Waals surface area (Å²) in [4.78, 5) is 11.8. The molecule has 0 bridgehead atoms. The third-order valence-electron chi connectivity index (χ3n) is 4.04. The minimum Gasteiger partial charge on any atom is -0.445 e. The van der Waals surface area contributed by atoms with E-state index in [1.54, 1.807) is 14.2 Å². The molecule has 0 radical (unpaired) electrons. The van der Waals surface area contributed by atoms with Crippen LogP contribution in [0, 0.1) is 0 Å². The van der Waals surface area contributed by atoms with Gasteiger partial charge in [-0.2, -0.15) is 0 Å². The minimum absolute atomic E-state index is 0.0981. The quantitative estimate of drug-likeness (QED) is 0.717. The molecule has 23 heavy (non-hydrogen) atoms. The Morgan fingerprint density at radius 3 is 2.43 bits per heavy atom. The van der Waals surface area contributed by atoms with E-state index < -0.39 is 0 Å². The van der Waals surface area contributed by atoms with Crippen LogP contribution in [0.3, 0.4) is 0 Å². The van der Waals surface area contributed by atoms with Gasteiger partial charge in [0.2, 0.25) is 0 Å². The Labute approximate surface area is 137 Å². The molecule has 0 heterocycles. The van der Waals surface area contributed by atoms with Crippen LogP contribution in [-0.4, -0.2) is 44.7 Å². The molecule has 1 amide bonds. The van der Waals surface area contributed by atoms with Crippen LogP contribution in [-0.2, 0) is 20.8 Å². The molecule has 6 heteroatoms. The summed E-state index contributed by atoms with van der Waals surface area (Å²) in [6, 6.07) is 10.3. The van der Waals surface area contributed by atoms with Crippen LogP contribution in [0.1, 0.15) is 25.3 Å². The summed E-state index contributed by atoms with van der Waals surface area (Å²) < 4.78 is 15.7. The number of carbonyl (C=O) groups excluding carboxylic acids is 1. The molecule has 1 aromatic rings. The maximum Gasteiger partial charge on any atom is 0.407 e. The Kier molecular flexibility index (Phi) is 6.83. The van der Waals surface area contributed by atoms with Crippen LogP contribution in [0.15, 0.2) is 30.3 Å². The Bertz CT molecular complexity index is 473. The van der Waals surface area contributed by atoms with Crippen molar-refractivity contribution in [1.29, 1.82) is 0 Å². The molecule has 1 atom stereocenters. The molecule has 0 aliphatic heterocycles. The van der Waals surface area contributed by atoms with Gasteiger partial charge in [-0.15, -0.1) is 0 Å². The number of hydrogen-bond acceptors (Lipinski definition) is 5. The second-order valence-electron chi connectivity index (χ2n) is 5.87. The number of ether oxygens (including phenoxy) is 3. The normalized spacial score (nSPS) is 21.6. The molecule has 128 valence electrons. The van der Waals surface area contributed by atoms with Crippen molar-refractivity contribution in [3.63, 3.8) is 0 Å². The number of rotatable bonds is 8. The largest absolute Gasteiger partial charge is 0.445 e. The average Bonchev–Trinajstić information content (AvgIpc) is 2.53. The molecule has 1 aromatic carbocycles. The standard InChI is InChI=1S/C17H26N2O4/c1-12(16(21-2)22-3)18-14-9-15(10-14)19-17(20)23-11-13-7-5-4-6-8-13/h4-8,12,14-16,18H,9-11H2,1-3H3,(H,19,20). The summed E-state index contributed by atoms with van der Waals surface area (Å²) in [6.45, 7) is 2.31. The number of benzene rings is 1. The molecular weight excluding hydrogens is 296 g/mol. The Morgan fingerprint density at radius 1 is 1.17 bits per heavy atom. The molecule has 2 N–H and O–H groups in total. The molecule has 6 nitrogen and oxygen atoms in total. The number of methoxy groups -OCH3 is 2. The van der Waals surface area contributed by atoms with E-state index in [-0.39, 0.29) is 24.5 Å². The van der Waals surface area contributed by atoms with Crippen LogP contribution in [0.5, 0.6) is 0 Å². The van der Waals surface area contributed by atoms with E-state index in [4.69, 9.17) is 14.2 Å². The van der Waals surface area contributed by atoms with Crippen molar-refractivity contribution in [3.05, 3.63) is 35.9 Å². The van der Waals surface area contributed by atoms with Crippen LogP contribution in [0.25, 0.3) is 0 Å². The van der Waals surface area contributed by atoms with E-state index in [0.29, 0.717) is 12.6 Å². The maximum absolute atomic E-state index is 11.8. The monoisotopic (exact) mass is 322 g/mol. The zero-order chi connectivity index (χ0) is 16.7. The lowest BCUT2D eigenvalue weighted by Gasteiger charge is -2.38. The highest BCUT2D eigenvalue weighted by Gasteiger charge is 2.32. The van der Waals surface area contributed by atoms with Gasteiger partial charge in [0.15, 0.2) is 6.29 Å². The fourth-order valence-corrected chi connectivity index (χ4v) is 2.76. The number of nitrogens with one attached hydrogen (secondary N) is 2. The summed E-state index contributed by atoms with van der Waals surface area (Å²) in [5.41, 5.74) is 0.981. The van der Waals surface area contributed by atoms with Crippen LogP contribution >= 0.6 is 0 Å². The first kappa shape index (κ1) is 17.7. The van der Waals surface area contributed by atoms with Crippen molar-refractivity contribution in [2.45, 2.75) is 50.8 Å². The van der Waals surface area contributed by atoms with Crippen LogP contribution < -0.4 is 10.6 Å². The van der Waals surface area contributed by atoms with Crippen molar-refractivity contribution in [2.75, 3.05) is 14.2 Å². The highest BCUT2D eigenvalue weighted by Crippen LogP contribution is 2.21. The molecule has 0 saturated heterocycles. The van der Waals surface area contributed by atoms with Gasteiger partial charge in [0.1, 0.15) is 6.61 Å². The van der Waals surface area contributed by atoms with E-state index in [2.05, 4.69) is 10.6 Å². The molecular formula is C17H26N2O4. The van der Waals surface area contributed by atoms with Crippen LogP contribution in [0.4, 0.5) is 4.79 Å². The molecule has 1 saturated carbocycles. The van der Waals surface area contributed by atoms with Gasteiger partial charge in [0.05, 0.1) is 6.04 Å². The lowest BCUT2D eigenvalue weighted by Crippen LogP contribution is -2.56. The smallest absolute Gasteiger partial charge is 0.407 e. The van der Waals surface area contributed by atoms with Gasteiger partial charge in [0.25, 0.3) is 0 Å². The molecule has 1 aliphatic carbocycles. The van der Waals surface area contributed by atoms with Gasteiger partial charge < -0.3 is 24.8 Å². The molecule has 1 unspecified atom stereocenters. The fourth-order valence-electron chi connectivity index (χ4n) is 2.76. The third-order valence-corrected chi connectivity index (χ3v) is 4.04. The Balaban J connectivity index is 1.61. The molecule has 0 spiro atoms. The van der Waals surface area contributed by atoms with E-state index in [1.807, 2.05) is 37.3 Å². The van der Waals surface area contributed by atoms with Crippen LogP contribution in [0.2, 0.25) is 0 Å². The highest BCUT2D eigenvalue weighted by molar-refractivity contribution is 5.67. The van der Waals surface area contributed by atoms with Crippen molar-refractivity contribution in [2.24, 2.45) is 0 Å². The number of hydrogen-bond donors (Lipinski definition) is 2. The molecule has 2 rings (SSSR count). The lowest BCUT2D eigenvalue weighted by molar-refractivity contribution is -0.122. The molecule has 0 aromatic heterocycles. The number of carbonyl (C=O) groups is 1. The van der Waals surface area contributed by atoms with E-state index in [1.165, 1.54) is 0 Å². The maximum atomic E-state index is 11.8. The summed E-state index contributed by atoms with van der Waals surface area (Å²) in [7, 11) is 3.25. The summed E-state index contributed by atoms with van der Waals surface area (Å²) in [6.07, 6.45) is 1.13. The lowest BCUT2D eigenvalue weighted by atomic mass is 9.86. The van der Waals surface area contributed by atoms with E-state index in [9.17, 15) is 4.79 Å². The van der Waals surface area contributed by atoms with Gasteiger partial charge in [-0.05, 0) is 25.3 Å².